The Morgan fingerprint density at radius 2 is 2.08 bits per heavy atom. The molecule has 1 aromatic carbocycles. The summed E-state index contributed by atoms with van der Waals surface area (Å²) in [4.78, 5) is 16.8. The lowest BCUT2D eigenvalue weighted by molar-refractivity contribution is 0.0735. The summed E-state index contributed by atoms with van der Waals surface area (Å²) in [6.07, 6.45) is 3.52. The second-order valence-electron chi connectivity index (χ2n) is 6.15. The van der Waals surface area contributed by atoms with Crippen LogP contribution in [0.25, 0.3) is 0 Å². The molecule has 1 fully saturated rings. The smallest absolute Gasteiger partial charge is 0.257 e. The van der Waals surface area contributed by atoms with Gasteiger partial charge in [-0.2, -0.15) is 0 Å². The molecule has 2 N–H and O–H groups in total. The fourth-order valence-corrected chi connectivity index (χ4v) is 3.13. The first-order valence-electron chi connectivity index (χ1n) is 7.96. The molecule has 0 aliphatic carbocycles. The summed E-state index contributed by atoms with van der Waals surface area (Å²) in [6, 6.07) is 10.3. The van der Waals surface area contributed by atoms with Gasteiger partial charge in [-0.3, -0.25) is 4.79 Å². The van der Waals surface area contributed by atoms with E-state index in [2.05, 4.69) is 29.2 Å². The van der Waals surface area contributed by atoms with Gasteiger partial charge < -0.3 is 20.0 Å². The minimum Gasteiger partial charge on any atom is -0.467 e. The van der Waals surface area contributed by atoms with Gasteiger partial charge in [0.05, 0.1) is 18.2 Å². The van der Waals surface area contributed by atoms with E-state index in [0.717, 1.165) is 25.1 Å². The summed E-state index contributed by atoms with van der Waals surface area (Å²) in [5, 5.41) is 0. The lowest BCUT2D eigenvalue weighted by atomic mass is 10.0. The SMILES string of the molecule is CN(C)c1cccc(C2CCCN2C(=O)c2coc(CN)c2)c1.Cl.Cl. The molecule has 1 aliphatic rings. The number of anilines is 1. The number of nitrogens with zero attached hydrogens (tertiary/aromatic N) is 2. The number of halogens is 2. The highest BCUT2D eigenvalue weighted by molar-refractivity contribution is 5.94. The highest BCUT2D eigenvalue weighted by atomic mass is 35.5. The lowest BCUT2D eigenvalue weighted by Gasteiger charge is -2.25. The van der Waals surface area contributed by atoms with Gasteiger partial charge >= 0.3 is 0 Å². The molecule has 1 unspecified atom stereocenters. The van der Waals surface area contributed by atoms with E-state index < -0.39 is 0 Å². The number of nitrogens with two attached hydrogens (primary N) is 1. The average Bonchev–Trinajstić information content (AvgIpc) is 3.23. The molecule has 3 rings (SSSR count). The average molecular weight is 386 g/mol. The standard InChI is InChI=1S/C18H23N3O2.2ClH/c1-20(2)15-6-3-5-13(9-15)17-7-4-8-21(17)18(22)14-10-16(11-19)23-12-14;;/h3,5-6,9-10,12,17H,4,7-8,11,19H2,1-2H3;2*1H. The number of hydrogen-bond acceptors (Lipinski definition) is 4. The highest BCUT2D eigenvalue weighted by Crippen LogP contribution is 2.34. The van der Waals surface area contributed by atoms with Gasteiger partial charge in [0.25, 0.3) is 5.91 Å². The van der Waals surface area contributed by atoms with Crippen molar-refractivity contribution in [2.24, 2.45) is 5.73 Å². The van der Waals surface area contributed by atoms with Gasteiger partial charge in [0.1, 0.15) is 12.0 Å². The van der Waals surface area contributed by atoms with Crippen molar-refractivity contribution in [3.8, 4) is 0 Å². The molecular weight excluding hydrogens is 361 g/mol. The van der Waals surface area contributed by atoms with Gasteiger partial charge in [0, 0.05) is 26.3 Å². The van der Waals surface area contributed by atoms with Crippen LogP contribution in [-0.2, 0) is 6.54 Å². The van der Waals surface area contributed by atoms with E-state index >= 15 is 0 Å². The summed E-state index contributed by atoms with van der Waals surface area (Å²) in [6.45, 7) is 1.08. The second-order valence-corrected chi connectivity index (χ2v) is 6.15. The van der Waals surface area contributed by atoms with Crippen LogP contribution in [0.2, 0.25) is 0 Å². The predicted octanol–water partition coefficient (Wildman–Crippen LogP) is 3.63. The molecule has 1 atom stereocenters. The van der Waals surface area contributed by atoms with Gasteiger partial charge in [-0.05, 0) is 36.6 Å². The van der Waals surface area contributed by atoms with Crippen molar-refractivity contribution in [2.45, 2.75) is 25.4 Å². The third kappa shape index (κ3) is 4.48. The molecule has 25 heavy (non-hydrogen) atoms. The molecule has 1 aliphatic heterocycles. The molecule has 0 radical (unpaired) electrons. The zero-order valence-corrected chi connectivity index (χ0v) is 16.1. The maximum absolute atomic E-state index is 12.8. The van der Waals surface area contributed by atoms with E-state index in [1.54, 1.807) is 6.07 Å². The van der Waals surface area contributed by atoms with E-state index in [1.165, 1.54) is 11.8 Å². The van der Waals surface area contributed by atoms with Crippen molar-refractivity contribution in [2.75, 3.05) is 25.5 Å². The van der Waals surface area contributed by atoms with E-state index in [1.807, 2.05) is 19.0 Å². The van der Waals surface area contributed by atoms with Crippen LogP contribution in [0.1, 0.15) is 40.6 Å². The molecule has 138 valence electrons. The van der Waals surface area contributed by atoms with Crippen molar-refractivity contribution in [1.82, 2.24) is 4.90 Å². The van der Waals surface area contributed by atoms with Crippen molar-refractivity contribution < 1.29 is 9.21 Å². The first-order chi connectivity index (χ1) is 11.1. The summed E-state index contributed by atoms with van der Waals surface area (Å²) < 4.78 is 5.31. The Balaban J connectivity index is 0.00000156. The number of carbonyl (C=O) groups excluding carboxylic acids is 1. The molecule has 1 aromatic heterocycles. The van der Waals surface area contributed by atoms with Crippen LogP contribution in [0.3, 0.4) is 0 Å². The third-order valence-corrected chi connectivity index (χ3v) is 4.39. The molecule has 5 nitrogen and oxygen atoms in total. The number of furan rings is 1. The van der Waals surface area contributed by atoms with E-state index in [-0.39, 0.29) is 36.8 Å². The highest BCUT2D eigenvalue weighted by Gasteiger charge is 2.31. The van der Waals surface area contributed by atoms with E-state index in [9.17, 15) is 4.79 Å². The molecular formula is C18H25Cl2N3O2. The quantitative estimate of drug-likeness (QED) is 0.872. The van der Waals surface area contributed by atoms with Crippen LogP contribution >= 0.6 is 24.8 Å². The maximum Gasteiger partial charge on any atom is 0.257 e. The number of rotatable bonds is 4. The molecule has 1 amide bonds. The lowest BCUT2D eigenvalue weighted by Crippen LogP contribution is -2.30. The van der Waals surface area contributed by atoms with Gasteiger partial charge in [-0.25, -0.2) is 0 Å². The van der Waals surface area contributed by atoms with E-state index in [4.69, 9.17) is 10.2 Å². The maximum atomic E-state index is 12.8. The Morgan fingerprint density at radius 3 is 2.72 bits per heavy atom. The largest absolute Gasteiger partial charge is 0.467 e. The van der Waals surface area contributed by atoms with Crippen molar-refractivity contribution >= 4 is 36.4 Å². The third-order valence-electron chi connectivity index (χ3n) is 4.39. The second kappa shape index (κ2) is 9.13. The molecule has 2 aromatic rings. The van der Waals surface area contributed by atoms with Crippen LogP contribution in [0.5, 0.6) is 0 Å². The molecule has 0 spiro atoms. The van der Waals surface area contributed by atoms with Crippen LogP contribution in [0.15, 0.2) is 41.0 Å². The summed E-state index contributed by atoms with van der Waals surface area (Å²) >= 11 is 0. The Kier molecular flexibility index (Phi) is 7.80. The number of carbonyl (C=O) groups is 1. The fraction of sp³-hybridized carbons (Fsp3) is 0.389. The number of benzene rings is 1. The molecule has 7 heteroatoms. The summed E-state index contributed by atoms with van der Waals surface area (Å²) in [5.41, 5.74) is 8.47. The van der Waals surface area contributed by atoms with Gasteiger partial charge in [-0.15, -0.1) is 24.8 Å². The number of amides is 1. The van der Waals surface area contributed by atoms with Crippen molar-refractivity contribution in [3.05, 3.63) is 53.5 Å². The number of hydrogen-bond donors (Lipinski definition) is 1. The molecule has 2 heterocycles. The Bertz CT molecular complexity index is 703. The van der Waals surface area contributed by atoms with Gasteiger partial charge in [0.2, 0.25) is 0 Å². The van der Waals surface area contributed by atoms with E-state index in [0.29, 0.717) is 17.9 Å². The summed E-state index contributed by atoms with van der Waals surface area (Å²) in [5.74, 6) is 0.657. The first kappa shape index (κ1) is 21.4. The topological polar surface area (TPSA) is 62.7 Å². The van der Waals surface area contributed by atoms with Gasteiger partial charge in [0.15, 0.2) is 0 Å². The monoisotopic (exact) mass is 385 g/mol. The molecule has 0 bridgehead atoms. The summed E-state index contributed by atoms with van der Waals surface area (Å²) in [7, 11) is 4.05. The van der Waals surface area contributed by atoms with Crippen LogP contribution < -0.4 is 10.6 Å². The Labute approximate surface area is 161 Å². The Morgan fingerprint density at radius 1 is 1.32 bits per heavy atom. The first-order valence-corrected chi connectivity index (χ1v) is 7.96. The van der Waals surface area contributed by atoms with Crippen LogP contribution in [0, 0.1) is 0 Å². The molecule has 0 saturated carbocycles. The normalized spacial score (nSPS) is 16.1. The van der Waals surface area contributed by atoms with Crippen LogP contribution in [-0.4, -0.2) is 31.4 Å². The predicted molar refractivity (Wildman–Crippen MR) is 105 cm³/mol. The zero-order chi connectivity index (χ0) is 16.4. The minimum atomic E-state index is 0. The van der Waals surface area contributed by atoms with Crippen molar-refractivity contribution in [3.63, 3.8) is 0 Å². The minimum absolute atomic E-state index is 0. The van der Waals surface area contributed by atoms with Gasteiger partial charge in [-0.1, -0.05) is 12.1 Å². The fourth-order valence-electron chi connectivity index (χ4n) is 3.13. The molecule has 1 saturated heterocycles. The van der Waals surface area contributed by atoms with Crippen LogP contribution in [0.4, 0.5) is 5.69 Å². The Hall–Kier alpha value is -1.69. The zero-order valence-electron chi connectivity index (χ0n) is 14.5. The number of likely N-dealkylation sites (tertiary alicyclic amines) is 1. The van der Waals surface area contributed by atoms with Crippen molar-refractivity contribution in [1.29, 1.82) is 0 Å².